The lowest BCUT2D eigenvalue weighted by Gasteiger charge is -2.34. The standard InChI is InChI=1S/C39H45ClN6O4/c1-45(38(47)29-23-34(48-2)37(50-4)35(24-29)49-3)25-28(26-9-7-11-30(40)21-26)14-18-46-19-15-31(16-20-46)42-39-43-33-13-8-10-27(36(33)44-39)22-32-12-5-6-17-41-32/h5-13,17,21,23-24,28,31H,14-16,18-20,22,25H2,1-4H3,(H2,42,43,44). The van der Waals surface area contributed by atoms with E-state index >= 15 is 0 Å². The molecule has 50 heavy (non-hydrogen) atoms. The molecule has 1 amide bonds. The van der Waals surface area contributed by atoms with Gasteiger partial charge in [0, 0.05) is 67.5 Å². The van der Waals surface area contributed by atoms with Crippen LogP contribution in [-0.4, -0.2) is 91.3 Å². The number of aromatic amines is 1. The van der Waals surface area contributed by atoms with Crippen molar-refractivity contribution in [1.82, 2.24) is 24.8 Å². The van der Waals surface area contributed by atoms with Crippen molar-refractivity contribution in [1.29, 1.82) is 0 Å². The number of carbonyl (C=O) groups is 1. The number of fused-ring (bicyclic) bond motifs is 1. The summed E-state index contributed by atoms with van der Waals surface area (Å²) in [7, 11) is 6.47. The zero-order valence-corrected chi connectivity index (χ0v) is 29.9. The smallest absolute Gasteiger partial charge is 0.253 e. The van der Waals surface area contributed by atoms with Gasteiger partial charge in [-0.15, -0.1) is 0 Å². The normalized spacial score (nSPS) is 14.3. The summed E-state index contributed by atoms with van der Waals surface area (Å²) in [5, 5.41) is 4.35. The van der Waals surface area contributed by atoms with Crippen molar-refractivity contribution in [3.8, 4) is 17.2 Å². The minimum atomic E-state index is -0.127. The summed E-state index contributed by atoms with van der Waals surface area (Å²) in [5.41, 5.74) is 5.78. The number of pyridine rings is 1. The molecule has 1 aliphatic rings. The Morgan fingerprint density at radius 3 is 2.44 bits per heavy atom. The molecule has 11 heteroatoms. The number of rotatable bonds is 14. The van der Waals surface area contributed by atoms with Crippen molar-refractivity contribution in [2.45, 2.75) is 37.6 Å². The van der Waals surface area contributed by atoms with E-state index in [1.54, 1.807) is 38.4 Å². The number of halogens is 1. The Morgan fingerprint density at radius 1 is 1.00 bits per heavy atom. The number of aromatic nitrogens is 3. The average molecular weight is 697 g/mol. The molecule has 10 nitrogen and oxygen atoms in total. The Hall–Kier alpha value is -4.80. The van der Waals surface area contributed by atoms with E-state index in [2.05, 4.69) is 44.5 Å². The number of H-pyrrole nitrogens is 1. The summed E-state index contributed by atoms with van der Waals surface area (Å²) >= 11 is 6.43. The third kappa shape index (κ3) is 8.31. The van der Waals surface area contributed by atoms with Gasteiger partial charge in [-0.2, -0.15) is 0 Å². The molecular formula is C39H45ClN6O4. The molecular weight excluding hydrogens is 652 g/mol. The molecule has 0 spiro atoms. The Balaban J connectivity index is 1.07. The number of hydrogen-bond acceptors (Lipinski definition) is 8. The molecule has 6 rings (SSSR count). The van der Waals surface area contributed by atoms with E-state index in [4.69, 9.17) is 30.8 Å². The van der Waals surface area contributed by atoms with Crippen LogP contribution in [0.4, 0.5) is 5.95 Å². The Morgan fingerprint density at radius 2 is 1.76 bits per heavy atom. The Bertz CT molecular complexity index is 1870. The second-order valence-electron chi connectivity index (χ2n) is 12.8. The van der Waals surface area contributed by atoms with Gasteiger partial charge in [-0.25, -0.2) is 4.98 Å². The fourth-order valence-electron chi connectivity index (χ4n) is 6.80. The van der Waals surface area contributed by atoms with Crippen molar-refractivity contribution < 1.29 is 19.0 Å². The number of likely N-dealkylation sites (N-methyl/N-ethyl adjacent to an activating group) is 1. The van der Waals surface area contributed by atoms with Crippen molar-refractivity contribution in [2.24, 2.45) is 0 Å². The molecule has 3 heterocycles. The summed E-state index contributed by atoms with van der Waals surface area (Å²) in [6.07, 6.45) is 5.48. The van der Waals surface area contributed by atoms with Gasteiger partial charge in [0.15, 0.2) is 11.5 Å². The number of imidazole rings is 1. The molecule has 1 saturated heterocycles. The number of hydrogen-bond donors (Lipinski definition) is 2. The molecule has 1 unspecified atom stereocenters. The van der Waals surface area contributed by atoms with Crippen LogP contribution in [0.15, 0.2) is 79.0 Å². The second-order valence-corrected chi connectivity index (χ2v) is 13.2. The molecule has 1 fully saturated rings. The first kappa shape index (κ1) is 35.0. The van der Waals surface area contributed by atoms with Crippen LogP contribution in [-0.2, 0) is 6.42 Å². The maximum Gasteiger partial charge on any atom is 0.253 e. The maximum atomic E-state index is 13.7. The minimum Gasteiger partial charge on any atom is -0.493 e. The zero-order valence-electron chi connectivity index (χ0n) is 29.1. The predicted molar refractivity (Wildman–Crippen MR) is 198 cm³/mol. The molecule has 5 aromatic rings. The summed E-state index contributed by atoms with van der Waals surface area (Å²) in [6.45, 7) is 3.40. The quantitative estimate of drug-likeness (QED) is 0.127. The van der Waals surface area contributed by atoms with Gasteiger partial charge < -0.3 is 34.3 Å². The highest BCUT2D eigenvalue weighted by molar-refractivity contribution is 6.30. The molecule has 2 N–H and O–H groups in total. The number of anilines is 1. The number of nitrogens with one attached hydrogen (secondary N) is 2. The van der Waals surface area contributed by atoms with Gasteiger partial charge in [-0.3, -0.25) is 9.78 Å². The monoisotopic (exact) mass is 696 g/mol. The first-order valence-corrected chi connectivity index (χ1v) is 17.4. The van der Waals surface area contributed by atoms with Crippen LogP contribution < -0.4 is 19.5 Å². The zero-order chi connectivity index (χ0) is 35.0. The van der Waals surface area contributed by atoms with Crippen LogP contribution in [0.2, 0.25) is 5.02 Å². The van der Waals surface area contributed by atoms with Gasteiger partial charge in [0.05, 0.1) is 32.4 Å². The second kappa shape index (κ2) is 16.3. The predicted octanol–water partition coefficient (Wildman–Crippen LogP) is 7.05. The Labute approximate surface area is 298 Å². The molecule has 0 bridgehead atoms. The van der Waals surface area contributed by atoms with Crippen LogP contribution in [0.3, 0.4) is 0 Å². The number of nitrogens with zero attached hydrogens (tertiary/aromatic N) is 4. The van der Waals surface area contributed by atoms with E-state index < -0.39 is 0 Å². The van der Waals surface area contributed by atoms with E-state index in [9.17, 15) is 4.79 Å². The van der Waals surface area contributed by atoms with Crippen LogP contribution in [0, 0.1) is 0 Å². The first-order valence-electron chi connectivity index (χ1n) is 17.0. The number of ether oxygens (including phenoxy) is 3. The molecule has 1 aliphatic heterocycles. The number of para-hydroxylation sites is 1. The van der Waals surface area contributed by atoms with Gasteiger partial charge in [0.2, 0.25) is 11.7 Å². The molecule has 0 radical (unpaired) electrons. The molecule has 0 aliphatic carbocycles. The van der Waals surface area contributed by atoms with E-state index in [-0.39, 0.29) is 11.8 Å². The van der Waals surface area contributed by atoms with Crippen molar-refractivity contribution in [3.05, 3.63) is 106 Å². The lowest BCUT2D eigenvalue weighted by molar-refractivity contribution is 0.0781. The van der Waals surface area contributed by atoms with Crippen LogP contribution >= 0.6 is 11.6 Å². The third-order valence-corrected chi connectivity index (χ3v) is 9.72. The van der Waals surface area contributed by atoms with E-state index in [0.717, 1.165) is 79.1 Å². The summed E-state index contributed by atoms with van der Waals surface area (Å²) in [5.74, 6) is 2.12. The molecule has 1 atom stereocenters. The van der Waals surface area contributed by atoms with Crippen molar-refractivity contribution in [3.63, 3.8) is 0 Å². The van der Waals surface area contributed by atoms with Gasteiger partial charge in [0.1, 0.15) is 0 Å². The highest BCUT2D eigenvalue weighted by atomic mass is 35.5. The number of methoxy groups -OCH3 is 3. The van der Waals surface area contributed by atoms with Crippen molar-refractivity contribution in [2.75, 3.05) is 59.9 Å². The largest absolute Gasteiger partial charge is 0.493 e. The van der Waals surface area contributed by atoms with Gasteiger partial charge in [0.25, 0.3) is 5.91 Å². The topological polar surface area (TPSA) is 105 Å². The highest BCUT2D eigenvalue weighted by Crippen LogP contribution is 2.38. The number of likely N-dealkylation sites (tertiary alicyclic amines) is 1. The van der Waals surface area contributed by atoms with Crippen LogP contribution in [0.5, 0.6) is 17.2 Å². The summed E-state index contributed by atoms with van der Waals surface area (Å²) < 4.78 is 16.4. The average Bonchev–Trinajstić information content (AvgIpc) is 3.56. The van der Waals surface area contributed by atoms with Gasteiger partial charge >= 0.3 is 0 Å². The maximum absolute atomic E-state index is 13.7. The van der Waals surface area contributed by atoms with E-state index in [0.29, 0.717) is 40.4 Å². The first-order chi connectivity index (χ1) is 24.3. The number of carbonyl (C=O) groups excluding carboxylic acids is 1. The van der Waals surface area contributed by atoms with E-state index in [1.807, 2.05) is 49.6 Å². The summed E-state index contributed by atoms with van der Waals surface area (Å²) in [4.78, 5) is 30.9. The Kier molecular flexibility index (Phi) is 11.4. The van der Waals surface area contributed by atoms with E-state index in [1.165, 1.54) is 0 Å². The number of amides is 1. The molecule has 3 aromatic carbocycles. The number of benzene rings is 3. The minimum absolute atomic E-state index is 0.0939. The van der Waals surface area contributed by atoms with Gasteiger partial charge in [-0.05, 0) is 79.4 Å². The van der Waals surface area contributed by atoms with Crippen molar-refractivity contribution >= 4 is 34.5 Å². The summed E-state index contributed by atoms with van der Waals surface area (Å²) in [6, 6.07) is 23.9. The lowest BCUT2D eigenvalue weighted by atomic mass is 9.94. The SMILES string of the molecule is COc1cc(C(=O)N(C)CC(CCN2CCC(Nc3nc4c(Cc5ccccn5)cccc4[nH]3)CC2)c2cccc(Cl)c2)cc(OC)c1OC. The van der Waals surface area contributed by atoms with Crippen LogP contribution in [0.1, 0.15) is 52.4 Å². The molecule has 262 valence electrons. The molecule has 0 saturated carbocycles. The highest BCUT2D eigenvalue weighted by Gasteiger charge is 2.25. The lowest BCUT2D eigenvalue weighted by Crippen LogP contribution is -2.40. The van der Waals surface area contributed by atoms with Crippen LogP contribution in [0.25, 0.3) is 11.0 Å². The van der Waals surface area contributed by atoms with Gasteiger partial charge in [-0.1, -0.05) is 41.9 Å². The fourth-order valence-corrected chi connectivity index (χ4v) is 6.99. The number of piperidine rings is 1. The third-order valence-electron chi connectivity index (χ3n) is 9.49. The molecule has 2 aromatic heterocycles. The fraction of sp³-hybridized carbons (Fsp3) is 0.359.